The zero-order valence-corrected chi connectivity index (χ0v) is 12.8. The van der Waals surface area contributed by atoms with Crippen LogP contribution < -0.4 is 5.32 Å². The average Bonchev–Trinajstić information content (AvgIpc) is 2.87. The molecule has 112 valence electrons. The summed E-state index contributed by atoms with van der Waals surface area (Å²) < 4.78 is 0. The molecule has 0 radical (unpaired) electrons. The van der Waals surface area contributed by atoms with Crippen LogP contribution in [0.2, 0.25) is 0 Å². The summed E-state index contributed by atoms with van der Waals surface area (Å²) in [6.45, 7) is 3.71. The van der Waals surface area contributed by atoms with Gasteiger partial charge in [0.2, 0.25) is 0 Å². The lowest BCUT2D eigenvalue weighted by molar-refractivity contribution is 0.163. The molecule has 0 bridgehead atoms. The molecule has 2 aliphatic rings. The molecule has 1 unspecified atom stereocenters. The van der Waals surface area contributed by atoms with Crippen molar-refractivity contribution in [1.82, 2.24) is 5.32 Å². The van der Waals surface area contributed by atoms with E-state index in [1.807, 2.05) is 0 Å². The Morgan fingerprint density at radius 1 is 1.11 bits per heavy atom. The standard InChI is InChI=1S/C17H33NO/c1-2-5-15(8-13-19)14-18-16-6-11-17(12-7-16)9-3-4-10-17/h15-16,18-19H,2-14H2,1H3. The van der Waals surface area contributed by atoms with Gasteiger partial charge in [-0.2, -0.15) is 0 Å². The third-order valence-electron chi connectivity index (χ3n) is 5.64. The van der Waals surface area contributed by atoms with Crippen molar-refractivity contribution < 1.29 is 5.11 Å². The van der Waals surface area contributed by atoms with Crippen molar-refractivity contribution in [2.24, 2.45) is 11.3 Å². The minimum Gasteiger partial charge on any atom is -0.396 e. The van der Waals surface area contributed by atoms with Gasteiger partial charge in [0.25, 0.3) is 0 Å². The Kier molecular flexibility index (Phi) is 6.15. The van der Waals surface area contributed by atoms with Gasteiger partial charge in [0.05, 0.1) is 0 Å². The second kappa shape index (κ2) is 7.64. The fourth-order valence-electron chi connectivity index (χ4n) is 4.33. The molecule has 2 fully saturated rings. The first-order valence-corrected chi connectivity index (χ1v) is 8.62. The van der Waals surface area contributed by atoms with E-state index in [1.165, 1.54) is 64.2 Å². The Balaban J connectivity index is 1.67. The van der Waals surface area contributed by atoms with E-state index in [-0.39, 0.29) is 0 Å². The maximum atomic E-state index is 9.11. The van der Waals surface area contributed by atoms with Crippen molar-refractivity contribution in [1.29, 1.82) is 0 Å². The van der Waals surface area contributed by atoms with Crippen LogP contribution in [-0.2, 0) is 0 Å². The number of aliphatic hydroxyl groups is 1. The monoisotopic (exact) mass is 267 g/mol. The quantitative estimate of drug-likeness (QED) is 0.734. The molecule has 0 aromatic heterocycles. The number of aliphatic hydroxyl groups excluding tert-OH is 1. The van der Waals surface area contributed by atoms with E-state index in [9.17, 15) is 0 Å². The van der Waals surface area contributed by atoms with Gasteiger partial charge in [-0.05, 0) is 69.2 Å². The molecule has 0 aromatic rings. The highest BCUT2D eigenvalue weighted by atomic mass is 16.3. The lowest BCUT2D eigenvalue weighted by Crippen LogP contribution is -2.39. The Morgan fingerprint density at radius 2 is 1.79 bits per heavy atom. The van der Waals surface area contributed by atoms with Crippen LogP contribution in [-0.4, -0.2) is 24.3 Å². The van der Waals surface area contributed by atoms with Gasteiger partial charge in [0.15, 0.2) is 0 Å². The molecule has 0 heterocycles. The highest BCUT2D eigenvalue weighted by molar-refractivity contribution is 4.91. The number of hydrogen-bond acceptors (Lipinski definition) is 2. The maximum absolute atomic E-state index is 9.11. The lowest BCUT2D eigenvalue weighted by Gasteiger charge is -2.38. The average molecular weight is 267 g/mol. The van der Waals surface area contributed by atoms with Gasteiger partial charge in [-0.25, -0.2) is 0 Å². The van der Waals surface area contributed by atoms with Crippen molar-refractivity contribution in [3.63, 3.8) is 0 Å². The second-order valence-corrected chi connectivity index (χ2v) is 7.06. The molecule has 19 heavy (non-hydrogen) atoms. The van der Waals surface area contributed by atoms with Crippen molar-refractivity contribution in [3.05, 3.63) is 0 Å². The molecular weight excluding hydrogens is 234 g/mol. The van der Waals surface area contributed by atoms with E-state index >= 15 is 0 Å². The zero-order valence-electron chi connectivity index (χ0n) is 12.8. The second-order valence-electron chi connectivity index (χ2n) is 7.06. The fraction of sp³-hybridized carbons (Fsp3) is 1.00. The van der Waals surface area contributed by atoms with Crippen LogP contribution in [0.15, 0.2) is 0 Å². The highest BCUT2D eigenvalue weighted by Crippen LogP contribution is 2.48. The Morgan fingerprint density at radius 3 is 2.37 bits per heavy atom. The van der Waals surface area contributed by atoms with Crippen LogP contribution in [0.4, 0.5) is 0 Å². The first kappa shape index (κ1) is 15.3. The van der Waals surface area contributed by atoms with Gasteiger partial charge in [-0.15, -0.1) is 0 Å². The summed E-state index contributed by atoms with van der Waals surface area (Å²) in [6.07, 6.45) is 15.1. The summed E-state index contributed by atoms with van der Waals surface area (Å²) in [5, 5.41) is 12.9. The molecule has 0 saturated heterocycles. The van der Waals surface area contributed by atoms with Crippen molar-refractivity contribution >= 4 is 0 Å². The molecule has 0 aliphatic heterocycles. The summed E-state index contributed by atoms with van der Waals surface area (Å²) in [4.78, 5) is 0. The SMILES string of the molecule is CCCC(CCO)CNC1CCC2(CCCC2)CC1. The maximum Gasteiger partial charge on any atom is 0.0434 e. The van der Waals surface area contributed by atoms with Crippen LogP contribution in [0.3, 0.4) is 0 Å². The normalized spacial score (nSPS) is 24.9. The lowest BCUT2D eigenvalue weighted by atomic mass is 9.71. The molecule has 2 nitrogen and oxygen atoms in total. The van der Waals surface area contributed by atoms with Crippen LogP contribution in [0.5, 0.6) is 0 Å². The summed E-state index contributed by atoms with van der Waals surface area (Å²) in [6, 6.07) is 0.754. The zero-order chi connectivity index (χ0) is 13.6. The van der Waals surface area contributed by atoms with Crippen LogP contribution in [0.1, 0.15) is 77.6 Å². The first-order chi connectivity index (χ1) is 9.28. The van der Waals surface area contributed by atoms with E-state index in [2.05, 4.69) is 12.2 Å². The van der Waals surface area contributed by atoms with E-state index in [4.69, 9.17) is 5.11 Å². The highest BCUT2D eigenvalue weighted by Gasteiger charge is 2.37. The topological polar surface area (TPSA) is 32.3 Å². The molecule has 2 saturated carbocycles. The molecule has 2 N–H and O–H groups in total. The third kappa shape index (κ3) is 4.46. The van der Waals surface area contributed by atoms with Gasteiger partial charge in [0.1, 0.15) is 0 Å². The van der Waals surface area contributed by atoms with E-state index in [0.717, 1.165) is 24.4 Å². The number of nitrogens with one attached hydrogen (secondary N) is 1. The summed E-state index contributed by atoms with van der Waals surface area (Å²) in [5.74, 6) is 0.678. The predicted molar refractivity (Wildman–Crippen MR) is 81.3 cm³/mol. The summed E-state index contributed by atoms with van der Waals surface area (Å²) >= 11 is 0. The molecule has 2 rings (SSSR count). The van der Waals surface area contributed by atoms with Gasteiger partial charge in [0, 0.05) is 12.6 Å². The smallest absolute Gasteiger partial charge is 0.0434 e. The van der Waals surface area contributed by atoms with E-state index in [1.54, 1.807) is 0 Å². The van der Waals surface area contributed by atoms with E-state index in [0.29, 0.717) is 12.5 Å². The van der Waals surface area contributed by atoms with Crippen LogP contribution >= 0.6 is 0 Å². The van der Waals surface area contributed by atoms with Crippen molar-refractivity contribution in [2.75, 3.05) is 13.2 Å². The Labute approximate surface area is 119 Å². The van der Waals surface area contributed by atoms with E-state index < -0.39 is 0 Å². The summed E-state index contributed by atoms with van der Waals surface area (Å²) in [5.41, 5.74) is 0.756. The molecule has 2 aliphatic carbocycles. The molecule has 1 spiro atoms. The van der Waals surface area contributed by atoms with Crippen LogP contribution in [0.25, 0.3) is 0 Å². The Bertz CT molecular complexity index is 232. The molecule has 0 aromatic carbocycles. The summed E-state index contributed by atoms with van der Waals surface area (Å²) in [7, 11) is 0. The number of hydrogen-bond donors (Lipinski definition) is 2. The molecule has 2 heteroatoms. The van der Waals surface area contributed by atoms with Crippen molar-refractivity contribution in [2.45, 2.75) is 83.6 Å². The minimum absolute atomic E-state index is 0.347. The minimum atomic E-state index is 0.347. The van der Waals surface area contributed by atoms with Gasteiger partial charge in [-0.3, -0.25) is 0 Å². The van der Waals surface area contributed by atoms with Crippen molar-refractivity contribution in [3.8, 4) is 0 Å². The van der Waals surface area contributed by atoms with Gasteiger partial charge < -0.3 is 10.4 Å². The fourth-order valence-corrected chi connectivity index (χ4v) is 4.33. The molecule has 1 atom stereocenters. The van der Waals surface area contributed by atoms with Crippen LogP contribution in [0, 0.1) is 11.3 Å². The number of rotatable bonds is 7. The predicted octanol–water partition coefficient (Wildman–Crippen LogP) is 3.88. The van der Waals surface area contributed by atoms with Gasteiger partial charge in [-0.1, -0.05) is 26.2 Å². The third-order valence-corrected chi connectivity index (χ3v) is 5.64. The first-order valence-electron chi connectivity index (χ1n) is 8.62. The molecule has 0 amide bonds. The molecular formula is C17H33NO. The Hall–Kier alpha value is -0.0800. The van der Waals surface area contributed by atoms with Gasteiger partial charge >= 0.3 is 0 Å². The largest absolute Gasteiger partial charge is 0.396 e.